The van der Waals surface area contributed by atoms with Crippen LogP contribution in [0.2, 0.25) is 10.0 Å². The third kappa shape index (κ3) is 3.03. The molecular weight excluding hydrogens is 328 g/mol. The number of nitrogens with zero attached hydrogens (tertiary/aromatic N) is 1. The van der Waals surface area contributed by atoms with Crippen molar-refractivity contribution < 1.29 is 13.9 Å². The molecule has 1 aliphatic rings. The van der Waals surface area contributed by atoms with Crippen LogP contribution in [0.5, 0.6) is 0 Å². The number of benzene rings is 2. The number of esters is 1. The predicted molar refractivity (Wildman–Crippen MR) is 83.5 cm³/mol. The third-order valence-corrected chi connectivity index (χ3v) is 3.50. The highest BCUT2D eigenvalue weighted by molar-refractivity contribution is 6.36. The molecule has 0 amide bonds. The van der Waals surface area contributed by atoms with Crippen LogP contribution in [0.1, 0.15) is 11.1 Å². The van der Waals surface area contributed by atoms with Gasteiger partial charge in [-0.15, -0.1) is 0 Å². The summed E-state index contributed by atoms with van der Waals surface area (Å²) in [6.07, 6.45) is 1.44. The molecule has 0 saturated heterocycles. The summed E-state index contributed by atoms with van der Waals surface area (Å²) in [7, 11) is 0. The van der Waals surface area contributed by atoms with Gasteiger partial charge in [0.05, 0.1) is 10.6 Å². The van der Waals surface area contributed by atoms with Crippen molar-refractivity contribution in [1.29, 1.82) is 0 Å². The van der Waals surface area contributed by atoms with E-state index in [0.717, 1.165) is 0 Å². The fraction of sp³-hybridized carbons (Fsp3) is 0. The molecule has 2 aromatic rings. The molecule has 22 heavy (non-hydrogen) atoms. The standard InChI is InChI=1S/C16H8Cl2FNO2/c17-10-4-5-13(18)12(8-10)15-20-14(16(21)22-15)7-9-2-1-3-11(19)6-9/h1-8H. The average molecular weight is 336 g/mol. The zero-order chi connectivity index (χ0) is 15.7. The summed E-state index contributed by atoms with van der Waals surface area (Å²) in [5, 5.41) is 0.809. The molecule has 110 valence electrons. The molecule has 0 radical (unpaired) electrons. The maximum Gasteiger partial charge on any atom is 0.363 e. The highest BCUT2D eigenvalue weighted by Gasteiger charge is 2.25. The fourth-order valence-corrected chi connectivity index (χ4v) is 2.31. The van der Waals surface area contributed by atoms with E-state index in [2.05, 4.69) is 4.99 Å². The lowest BCUT2D eigenvalue weighted by Gasteiger charge is -2.02. The molecule has 0 N–H and O–H groups in total. The number of hydrogen-bond acceptors (Lipinski definition) is 3. The minimum atomic E-state index is -0.629. The first-order valence-electron chi connectivity index (χ1n) is 6.26. The maximum absolute atomic E-state index is 13.2. The van der Waals surface area contributed by atoms with Crippen molar-refractivity contribution in [2.75, 3.05) is 0 Å². The van der Waals surface area contributed by atoms with Crippen LogP contribution >= 0.6 is 23.2 Å². The zero-order valence-corrected chi connectivity index (χ0v) is 12.5. The van der Waals surface area contributed by atoms with E-state index in [1.165, 1.54) is 18.2 Å². The highest BCUT2D eigenvalue weighted by atomic mass is 35.5. The Morgan fingerprint density at radius 2 is 1.95 bits per heavy atom. The number of carbonyl (C=O) groups excluding carboxylic acids is 1. The second-order valence-electron chi connectivity index (χ2n) is 4.52. The second kappa shape index (κ2) is 5.91. The minimum absolute atomic E-state index is 0.0663. The number of carbonyl (C=O) groups is 1. The van der Waals surface area contributed by atoms with Crippen molar-refractivity contribution >= 4 is 41.1 Å². The summed E-state index contributed by atoms with van der Waals surface area (Å²) in [6, 6.07) is 10.6. The summed E-state index contributed by atoms with van der Waals surface area (Å²) >= 11 is 12.0. The Bertz CT molecular complexity index is 831. The van der Waals surface area contributed by atoms with Crippen molar-refractivity contribution in [3.8, 4) is 0 Å². The van der Waals surface area contributed by atoms with E-state index < -0.39 is 11.8 Å². The van der Waals surface area contributed by atoms with Gasteiger partial charge in [0, 0.05) is 5.02 Å². The first-order chi connectivity index (χ1) is 10.5. The number of rotatable bonds is 2. The van der Waals surface area contributed by atoms with Crippen LogP contribution in [0, 0.1) is 5.82 Å². The van der Waals surface area contributed by atoms with Gasteiger partial charge >= 0.3 is 5.97 Å². The number of cyclic esters (lactones) is 1. The van der Waals surface area contributed by atoms with E-state index in [9.17, 15) is 9.18 Å². The smallest absolute Gasteiger partial charge is 0.363 e. The SMILES string of the molecule is O=C1OC(c2cc(Cl)ccc2Cl)=NC1=Cc1cccc(F)c1. The van der Waals surface area contributed by atoms with Crippen molar-refractivity contribution in [2.24, 2.45) is 4.99 Å². The Hall–Kier alpha value is -2.17. The van der Waals surface area contributed by atoms with E-state index in [1.807, 2.05) is 0 Å². The Morgan fingerprint density at radius 1 is 1.14 bits per heavy atom. The fourth-order valence-electron chi connectivity index (χ4n) is 1.94. The lowest BCUT2D eigenvalue weighted by molar-refractivity contribution is -0.129. The number of ether oxygens (including phenoxy) is 1. The minimum Gasteiger partial charge on any atom is -0.402 e. The Labute approximate surface area is 135 Å². The van der Waals surface area contributed by atoms with Gasteiger partial charge in [0.1, 0.15) is 5.82 Å². The van der Waals surface area contributed by atoms with Crippen molar-refractivity contribution in [1.82, 2.24) is 0 Å². The van der Waals surface area contributed by atoms with Crippen LogP contribution in [-0.2, 0) is 9.53 Å². The zero-order valence-electron chi connectivity index (χ0n) is 11.0. The molecule has 2 aromatic carbocycles. The molecule has 0 aromatic heterocycles. The topological polar surface area (TPSA) is 38.7 Å². The normalized spacial score (nSPS) is 15.9. The molecule has 1 heterocycles. The van der Waals surface area contributed by atoms with Gasteiger partial charge in [-0.1, -0.05) is 35.3 Å². The number of hydrogen-bond donors (Lipinski definition) is 0. The van der Waals surface area contributed by atoms with Gasteiger partial charge in [-0.3, -0.25) is 0 Å². The first-order valence-corrected chi connectivity index (χ1v) is 7.02. The highest BCUT2D eigenvalue weighted by Crippen LogP contribution is 2.26. The molecule has 3 rings (SSSR count). The summed E-state index contributed by atoms with van der Waals surface area (Å²) in [4.78, 5) is 16.0. The average Bonchev–Trinajstić information content (AvgIpc) is 2.83. The Morgan fingerprint density at radius 3 is 2.73 bits per heavy atom. The molecule has 1 aliphatic heterocycles. The van der Waals surface area contributed by atoms with E-state index in [0.29, 0.717) is 21.2 Å². The third-order valence-electron chi connectivity index (χ3n) is 2.93. The maximum atomic E-state index is 13.2. The van der Waals surface area contributed by atoms with Gasteiger partial charge in [0.15, 0.2) is 5.70 Å². The van der Waals surface area contributed by atoms with Crippen LogP contribution in [0.3, 0.4) is 0 Å². The van der Waals surface area contributed by atoms with Crippen LogP contribution in [0.4, 0.5) is 4.39 Å². The molecule has 0 bridgehead atoms. The second-order valence-corrected chi connectivity index (χ2v) is 5.36. The summed E-state index contributed by atoms with van der Waals surface area (Å²) < 4.78 is 18.3. The Balaban J connectivity index is 2.00. The molecule has 0 saturated carbocycles. The van der Waals surface area contributed by atoms with Crippen LogP contribution in [0.25, 0.3) is 6.08 Å². The van der Waals surface area contributed by atoms with Crippen LogP contribution < -0.4 is 0 Å². The molecule has 3 nitrogen and oxygen atoms in total. The van der Waals surface area contributed by atoms with Gasteiger partial charge < -0.3 is 4.74 Å². The van der Waals surface area contributed by atoms with Gasteiger partial charge in [-0.05, 0) is 42.0 Å². The number of halogens is 3. The lowest BCUT2D eigenvalue weighted by atomic mass is 10.2. The lowest BCUT2D eigenvalue weighted by Crippen LogP contribution is -2.06. The first kappa shape index (κ1) is 14.8. The molecule has 0 unspecified atom stereocenters. The molecular formula is C16H8Cl2FNO2. The summed E-state index contributed by atoms with van der Waals surface area (Å²) in [5.74, 6) is -0.960. The van der Waals surface area contributed by atoms with Crippen molar-refractivity contribution in [3.63, 3.8) is 0 Å². The van der Waals surface area contributed by atoms with E-state index in [1.54, 1.807) is 30.3 Å². The van der Waals surface area contributed by atoms with E-state index >= 15 is 0 Å². The van der Waals surface area contributed by atoms with Gasteiger partial charge in [-0.2, -0.15) is 0 Å². The quantitative estimate of drug-likeness (QED) is 0.599. The van der Waals surface area contributed by atoms with Crippen LogP contribution in [-0.4, -0.2) is 11.9 Å². The summed E-state index contributed by atoms with van der Waals surface area (Å²) in [6.45, 7) is 0. The molecule has 0 atom stereocenters. The molecule has 0 aliphatic carbocycles. The van der Waals surface area contributed by atoms with Gasteiger partial charge in [0.25, 0.3) is 0 Å². The number of aliphatic imine (C=N–C) groups is 1. The monoisotopic (exact) mass is 335 g/mol. The van der Waals surface area contributed by atoms with Gasteiger partial charge in [0.2, 0.25) is 5.90 Å². The predicted octanol–water partition coefficient (Wildman–Crippen LogP) is 4.48. The van der Waals surface area contributed by atoms with Crippen molar-refractivity contribution in [2.45, 2.75) is 0 Å². The Kier molecular flexibility index (Phi) is 3.96. The van der Waals surface area contributed by atoms with Crippen LogP contribution in [0.15, 0.2) is 53.2 Å². The van der Waals surface area contributed by atoms with E-state index in [4.69, 9.17) is 27.9 Å². The largest absolute Gasteiger partial charge is 0.402 e. The van der Waals surface area contributed by atoms with E-state index in [-0.39, 0.29) is 11.6 Å². The molecule has 6 heteroatoms. The van der Waals surface area contributed by atoms with Gasteiger partial charge in [-0.25, -0.2) is 14.2 Å². The molecule has 0 fully saturated rings. The summed E-state index contributed by atoms with van der Waals surface area (Å²) in [5.41, 5.74) is 0.996. The van der Waals surface area contributed by atoms with Crippen molar-refractivity contribution in [3.05, 3.63) is 75.2 Å². The molecule has 0 spiro atoms.